The van der Waals surface area contributed by atoms with Crippen molar-refractivity contribution in [1.82, 2.24) is 0 Å². The normalized spacial score (nSPS) is 9.75. The van der Waals surface area contributed by atoms with Gasteiger partial charge in [-0.3, -0.25) is 0 Å². The number of aryl methyl sites for hydroxylation is 1. The molecule has 0 bridgehead atoms. The minimum Gasteiger partial charge on any atom is -0.0984 e. The SMILES string of the molecule is C=Cc1cc(C)ccc1/C=C\CCC.CC. The molecule has 1 aromatic rings. The molecule has 16 heavy (non-hydrogen) atoms. The van der Waals surface area contributed by atoms with Crippen LogP contribution in [0.2, 0.25) is 0 Å². The van der Waals surface area contributed by atoms with Crippen LogP contribution in [-0.4, -0.2) is 0 Å². The topological polar surface area (TPSA) is 0 Å². The molecule has 0 amide bonds. The number of hydrogen-bond donors (Lipinski definition) is 0. The molecule has 0 aromatic heterocycles. The maximum atomic E-state index is 3.83. The highest BCUT2D eigenvalue weighted by Gasteiger charge is 1.94. The summed E-state index contributed by atoms with van der Waals surface area (Å²) in [5.41, 5.74) is 3.77. The van der Waals surface area contributed by atoms with E-state index in [2.05, 4.69) is 50.8 Å². The van der Waals surface area contributed by atoms with Gasteiger partial charge in [-0.25, -0.2) is 0 Å². The lowest BCUT2D eigenvalue weighted by atomic mass is 10.0. The maximum absolute atomic E-state index is 3.83. The molecule has 0 atom stereocenters. The Morgan fingerprint density at radius 1 is 1.19 bits per heavy atom. The van der Waals surface area contributed by atoms with Crippen LogP contribution < -0.4 is 0 Å². The van der Waals surface area contributed by atoms with E-state index >= 15 is 0 Å². The zero-order chi connectivity index (χ0) is 12.4. The van der Waals surface area contributed by atoms with E-state index in [4.69, 9.17) is 0 Å². The Morgan fingerprint density at radius 2 is 1.88 bits per heavy atom. The first-order valence-corrected chi connectivity index (χ1v) is 6.17. The Labute approximate surface area is 101 Å². The summed E-state index contributed by atoms with van der Waals surface area (Å²) < 4.78 is 0. The van der Waals surface area contributed by atoms with Gasteiger partial charge in [-0.15, -0.1) is 0 Å². The summed E-state index contributed by atoms with van der Waals surface area (Å²) in [5.74, 6) is 0. The highest BCUT2D eigenvalue weighted by atomic mass is 14.0. The van der Waals surface area contributed by atoms with E-state index in [1.54, 1.807) is 0 Å². The van der Waals surface area contributed by atoms with E-state index in [0.717, 1.165) is 6.42 Å². The third-order valence-electron chi connectivity index (χ3n) is 2.21. The lowest BCUT2D eigenvalue weighted by Gasteiger charge is -2.02. The molecule has 0 heterocycles. The standard InChI is InChI=1S/C14H18.C2H6/c1-4-6-7-8-14-10-9-12(3)11-13(14)5-2;1-2/h5,7-11H,2,4,6H2,1,3H3;1-2H3/b8-7-;. The average Bonchev–Trinajstić information content (AvgIpc) is 2.33. The van der Waals surface area contributed by atoms with Crippen molar-refractivity contribution >= 4 is 12.2 Å². The van der Waals surface area contributed by atoms with Gasteiger partial charge in [0.1, 0.15) is 0 Å². The lowest BCUT2D eigenvalue weighted by Crippen LogP contribution is -1.81. The second-order valence-electron chi connectivity index (χ2n) is 3.53. The minimum absolute atomic E-state index is 1.14. The van der Waals surface area contributed by atoms with Crippen molar-refractivity contribution < 1.29 is 0 Å². The molecule has 1 aromatic carbocycles. The summed E-state index contributed by atoms with van der Waals surface area (Å²) in [6, 6.07) is 6.45. The van der Waals surface area contributed by atoms with Crippen molar-refractivity contribution in [1.29, 1.82) is 0 Å². The highest BCUT2D eigenvalue weighted by molar-refractivity contribution is 5.65. The Kier molecular flexibility index (Phi) is 8.24. The molecular weight excluding hydrogens is 192 g/mol. The molecule has 0 spiro atoms. The molecule has 0 radical (unpaired) electrons. The molecule has 0 N–H and O–H groups in total. The number of rotatable bonds is 4. The predicted octanol–water partition coefficient (Wildman–Crippen LogP) is 5.48. The summed E-state index contributed by atoms with van der Waals surface area (Å²) in [6.45, 7) is 12.1. The molecule has 0 saturated carbocycles. The maximum Gasteiger partial charge on any atom is -0.0187 e. The van der Waals surface area contributed by atoms with Gasteiger partial charge < -0.3 is 0 Å². The van der Waals surface area contributed by atoms with Gasteiger partial charge in [0.25, 0.3) is 0 Å². The molecule has 0 saturated heterocycles. The van der Waals surface area contributed by atoms with E-state index in [1.807, 2.05) is 19.9 Å². The zero-order valence-corrected chi connectivity index (χ0v) is 11.1. The lowest BCUT2D eigenvalue weighted by molar-refractivity contribution is 0.962. The van der Waals surface area contributed by atoms with E-state index in [1.165, 1.54) is 23.1 Å². The van der Waals surface area contributed by atoms with Crippen LogP contribution in [0.25, 0.3) is 12.2 Å². The number of unbranched alkanes of at least 4 members (excludes halogenated alkanes) is 1. The Balaban J connectivity index is 0.00000106. The van der Waals surface area contributed by atoms with Crippen LogP contribution in [0.3, 0.4) is 0 Å². The first kappa shape index (κ1) is 14.7. The minimum atomic E-state index is 1.14. The molecule has 1 rings (SSSR count). The van der Waals surface area contributed by atoms with Gasteiger partial charge in [0, 0.05) is 0 Å². The fourth-order valence-electron chi connectivity index (χ4n) is 1.40. The summed E-state index contributed by atoms with van der Waals surface area (Å²) in [6.07, 6.45) is 8.66. The Bertz CT molecular complexity index is 332. The van der Waals surface area contributed by atoms with Crippen molar-refractivity contribution in [2.45, 2.75) is 40.5 Å². The second kappa shape index (κ2) is 8.96. The van der Waals surface area contributed by atoms with Crippen LogP contribution >= 0.6 is 0 Å². The van der Waals surface area contributed by atoms with Crippen LogP contribution in [0.4, 0.5) is 0 Å². The quantitative estimate of drug-likeness (QED) is 0.625. The smallest absolute Gasteiger partial charge is 0.0187 e. The largest absolute Gasteiger partial charge is 0.0984 e. The molecule has 0 aliphatic rings. The number of benzene rings is 1. The average molecular weight is 216 g/mol. The van der Waals surface area contributed by atoms with Gasteiger partial charge in [0.05, 0.1) is 0 Å². The number of allylic oxidation sites excluding steroid dienone is 1. The first-order chi connectivity index (χ1) is 7.77. The molecule has 0 nitrogen and oxygen atoms in total. The van der Waals surface area contributed by atoms with Gasteiger partial charge >= 0.3 is 0 Å². The van der Waals surface area contributed by atoms with Gasteiger partial charge in [-0.05, 0) is 24.5 Å². The van der Waals surface area contributed by atoms with Crippen molar-refractivity contribution in [3.8, 4) is 0 Å². The predicted molar refractivity (Wildman–Crippen MR) is 76.6 cm³/mol. The summed E-state index contributed by atoms with van der Waals surface area (Å²) >= 11 is 0. The van der Waals surface area contributed by atoms with Crippen molar-refractivity contribution in [3.63, 3.8) is 0 Å². The molecule has 88 valence electrons. The van der Waals surface area contributed by atoms with Gasteiger partial charge in [-0.2, -0.15) is 0 Å². The van der Waals surface area contributed by atoms with Gasteiger partial charge in [0.15, 0.2) is 0 Å². The molecule has 0 heteroatoms. The molecular formula is C16H24. The van der Waals surface area contributed by atoms with E-state index < -0.39 is 0 Å². The van der Waals surface area contributed by atoms with Gasteiger partial charge in [-0.1, -0.05) is 75.8 Å². The summed E-state index contributed by atoms with van der Waals surface area (Å²) in [4.78, 5) is 0. The van der Waals surface area contributed by atoms with Crippen LogP contribution in [0.1, 0.15) is 50.3 Å². The van der Waals surface area contributed by atoms with Crippen molar-refractivity contribution in [3.05, 3.63) is 47.5 Å². The fraction of sp³-hybridized carbons (Fsp3) is 0.375. The second-order valence-corrected chi connectivity index (χ2v) is 3.53. The van der Waals surface area contributed by atoms with Crippen LogP contribution in [0.15, 0.2) is 30.9 Å². The van der Waals surface area contributed by atoms with Crippen LogP contribution in [-0.2, 0) is 0 Å². The van der Waals surface area contributed by atoms with Crippen molar-refractivity contribution in [2.75, 3.05) is 0 Å². The third kappa shape index (κ3) is 4.97. The van der Waals surface area contributed by atoms with Gasteiger partial charge in [0.2, 0.25) is 0 Å². The number of hydrogen-bond acceptors (Lipinski definition) is 0. The highest BCUT2D eigenvalue weighted by Crippen LogP contribution is 2.15. The summed E-state index contributed by atoms with van der Waals surface area (Å²) in [7, 11) is 0. The monoisotopic (exact) mass is 216 g/mol. The van der Waals surface area contributed by atoms with E-state index in [-0.39, 0.29) is 0 Å². The van der Waals surface area contributed by atoms with E-state index in [9.17, 15) is 0 Å². The first-order valence-electron chi connectivity index (χ1n) is 6.17. The molecule has 0 aliphatic heterocycles. The van der Waals surface area contributed by atoms with Crippen LogP contribution in [0.5, 0.6) is 0 Å². The van der Waals surface area contributed by atoms with Crippen molar-refractivity contribution in [2.24, 2.45) is 0 Å². The van der Waals surface area contributed by atoms with E-state index in [0.29, 0.717) is 0 Å². The zero-order valence-electron chi connectivity index (χ0n) is 11.1. The fourth-order valence-corrected chi connectivity index (χ4v) is 1.40. The Morgan fingerprint density at radius 3 is 2.44 bits per heavy atom. The molecule has 0 aliphatic carbocycles. The summed E-state index contributed by atoms with van der Waals surface area (Å²) in [5, 5.41) is 0. The third-order valence-corrected chi connectivity index (χ3v) is 2.21. The Hall–Kier alpha value is -1.30. The molecule has 0 fully saturated rings. The van der Waals surface area contributed by atoms with Crippen LogP contribution in [0, 0.1) is 6.92 Å². The molecule has 0 unspecified atom stereocenters.